The molecule has 3 aromatic carbocycles. The van der Waals surface area contributed by atoms with Crippen molar-refractivity contribution in [3.63, 3.8) is 0 Å². The molecule has 0 aliphatic heterocycles. The number of furan rings is 1. The summed E-state index contributed by atoms with van der Waals surface area (Å²) in [6.45, 7) is 3.70. The fourth-order valence-electron chi connectivity index (χ4n) is 3.56. The van der Waals surface area contributed by atoms with Crippen molar-refractivity contribution in [1.82, 2.24) is 0 Å². The molecule has 0 fully saturated rings. The molecule has 0 radical (unpaired) electrons. The van der Waals surface area contributed by atoms with Crippen molar-refractivity contribution in [3.05, 3.63) is 99.9 Å². The molecule has 6 heteroatoms. The molecule has 0 aliphatic carbocycles. The van der Waals surface area contributed by atoms with Gasteiger partial charge in [0.1, 0.15) is 23.7 Å². The third-order valence-corrected chi connectivity index (χ3v) is 6.02. The van der Waals surface area contributed by atoms with Gasteiger partial charge in [-0.05, 0) is 53.6 Å². The van der Waals surface area contributed by atoms with Crippen molar-refractivity contribution in [2.24, 2.45) is 5.92 Å². The zero-order valence-corrected chi connectivity index (χ0v) is 19.7. The van der Waals surface area contributed by atoms with Gasteiger partial charge in [-0.25, -0.2) is 0 Å². The first-order valence-corrected chi connectivity index (χ1v) is 11.3. The Morgan fingerprint density at radius 1 is 0.970 bits per heavy atom. The molecule has 0 saturated heterocycles. The summed E-state index contributed by atoms with van der Waals surface area (Å²) in [5, 5.41) is 21.1. The number of ether oxygens (including phenoxy) is 1. The lowest BCUT2D eigenvalue weighted by molar-refractivity contribution is 0.316. The van der Waals surface area contributed by atoms with Crippen molar-refractivity contribution in [2.45, 2.75) is 13.8 Å². The van der Waals surface area contributed by atoms with Crippen molar-refractivity contribution in [1.29, 1.82) is 5.41 Å². The van der Waals surface area contributed by atoms with Crippen LogP contribution in [-0.4, -0.2) is 17.4 Å². The summed E-state index contributed by atoms with van der Waals surface area (Å²) in [6.07, 6.45) is 1.68. The molecule has 0 saturated carbocycles. The predicted octanol–water partition coefficient (Wildman–Crippen LogP) is 8.32. The zero-order chi connectivity index (χ0) is 23.5. The average molecular weight is 480 g/mol. The lowest BCUT2D eigenvalue weighted by Crippen LogP contribution is -2.17. The zero-order valence-electron chi connectivity index (χ0n) is 18.2. The van der Waals surface area contributed by atoms with Gasteiger partial charge in [0.05, 0.1) is 27.6 Å². The number of hydrogen-bond acceptors (Lipinski definition) is 4. The second-order valence-electron chi connectivity index (χ2n) is 7.98. The number of fused-ring (bicyclic) bond motifs is 1. The lowest BCUT2D eigenvalue weighted by Gasteiger charge is -2.17. The van der Waals surface area contributed by atoms with Crippen LogP contribution in [-0.2, 0) is 0 Å². The van der Waals surface area contributed by atoms with E-state index in [4.69, 9.17) is 37.8 Å². The maximum atomic E-state index is 10.7. The number of aliphatic hydroxyl groups excluding tert-OH is 1. The van der Waals surface area contributed by atoms with Gasteiger partial charge in [0, 0.05) is 16.9 Å². The number of rotatable bonds is 7. The molecule has 4 aromatic rings. The smallest absolute Gasteiger partial charge is 0.133 e. The topological polar surface area (TPSA) is 66.5 Å². The first-order chi connectivity index (χ1) is 15.8. The van der Waals surface area contributed by atoms with Gasteiger partial charge in [0.15, 0.2) is 0 Å². The highest BCUT2D eigenvalue weighted by molar-refractivity contribution is 6.41. The van der Waals surface area contributed by atoms with E-state index in [0.717, 1.165) is 22.1 Å². The Labute approximate surface area is 202 Å². The largest absolute Gasteiger partial charge is 0.512 e. The van der Waals surface area contributed by atoms with Crippen molar-refractivity contribution in [2.75, 3.05) is 6.61 Å². The minimum atomic E-state index is -0.189. The predicted molar refractivity (Wildman–Crippen MR) is 135 cm³/mol. The molecular weight excluding hydrogens is 457 g/mol. The molecule has 0 aliphatic rings. The Bertz CT molecular complexity index is 1320. The Kier molecular flexibility index (Phi) is 6.77. The second-order valence-corrected chi connectivity index (χ2v) is 8.79. The van der Waals surface area contributed by atoms with Gasteiger partial charge in [0.2, 0.25) is 0 Å². The summed E-state index contributed by atoms with van der Waals surface area (Å²) in [4.78, 5) is 0. The summed E-state index contributed by atoms with van der Waals surface area (Å²) in [6, 6.07) is 20.7. The van der Waals surface area contributed by atoms with Gasteiger partial charge >= 0.3 is 0 Å². The summed E-state index contributed by atoms with van der Waals surface area (Å²) < 4.78 is 11.4. The molecule has 0 atom stereocenters. The fraction of sp³-hybridized carbons (Fsp3) is 0.148. The van der Waals surface area contributed by atoms with E-state index < -0.39 is 0 Å². The molecule has 0 bridgehead atoms. The lowest BCUT2D eigenvalue weighted by atomic mass is 9.97. The van der Waals surface area contributed by atoms with Crippen molar-refractivity contribution >= 4 is 39.9 Å². The fourth-order valence-corrected chi connectivity index (χ4v) is 4.14. The molecule has 0 unspecified atom stereocenters. The van der Waals surface area contributed by atoms with Gasteiger partial charge in [-0.15, -0.1) is 0 Å². The SMILES string of the molecule is CC(C)/C(O)=C(\COc1ccc(-c2ccc3occc3c2)cc1)C(=N)c1c(Cl)cccc1Cl. The van der Waals surface area contributed by atoms with E-state index in [9.17, 15) is 5.11 Å². The van der Waals surface area contributed by atoms with Crippen LogP contribution in [0.1, 0.15) is 19.4 Å². The highest BCUT2D eigenvalue weighted by Crippen LogP contribution is 2.30. The summed E-state index contributed by atoms with van der Waals surface area (Å²) in [5.74, 6) is 0.502. The number of hydrogen-bond donors (Lipinski definition) is 2. The molecule has 168 valence electrons. The molecule has 33 heavy (non-hydrogen) atoms. The molecule has 4 rings (SSSR count). The number of nitrogens with one attached hydrogen (secondary N) is 1. The molecule has 4 nitrogen and oxygen atoms in total. The van der Waals surface area contributed by atoms with Crippen LogP contribution in [0.15, 0.2) is 88.7 Å². The highest BCUT2D eigenvalue weighted by atomic mass is 35.5. The third-order valence-electron chi connectivity index (χ3n) is 5.39. The molecular formula is C27H23Cl2NO3. The average Bonchev–Trinajstić information content (AvgIpc) is 3.27. The van der Waals surface area contributed by atoms with Crippen molar-refractivity contribution < 1.29 is 14.3 Å². The van der Waals surface area contributed by atoms with E-state index in [1.54, 1.807) is 24.5 Å². The van der Waals surface area contributed by atoms with E-state index in [-0.39, 0.29) is 24.0 Å². The van der Waals surface area contributed by atoms with Crippen LogP contribution >= 0.6 is 23.2 Å². The number of benzene rings is 3. The Balaban J connectivity index is 1.55. The quantitative estimate of drug-likeness (QED) is 0.206. The van der Waals surface area contributed by atoms with Crippen LogP contribution in [0.5, 0.6) is 5.75 Å². The van der Waals surface area contributed by atoms with Gasteiger partial charge in [-0.3, -0.25) is 5.41 Å². The van der Waals surface area contributed by atoms with E-state index in [1.807, 2.05) is 56.3 Å². The molecule has 2 N–H and O–H groups in total. The van der Waals surface area contributed by atoms with Crippen LogP contribution < -0.4 is 4.74 Å². The maximum absolute atomic E-state index is 10.7. The van der Waals surface area contributed by atoms with E-state index in [0.29, 0.717) is 26.9 Å². The molecule has 0 amide bonds. The van der Waals surface area contributed by atoms with Crippen LogP contribution in [0.3, 0.4) is 0 Å². The van der Waals surface area contributed by atoms with E-state index in [2.05, 4.69) is 6.07 Å². The number of allylic oxidation sites excluding steroid dienone is 1. The second kappa shape index (κ2) is 9.74. The molecule has 1 aromatic heterocycles. The minimum absolute atomic E-state index is 0.00469. The Morgan fingerprint density at radius 3 is 2.30 bits per heavy atom. The van der Waals surface area contributed by atoms with Gasteiger partial charge < -0.3 is 14.3 Å². The van der Waals surface area contributed by atoms with Crippen LogP contribution in [0.4, 0.5) is 0 Å². The van der Waals surface area contributed by atoms with E-state index >= 15 is 0 Å². The first kappa shape index (κ1) is 23.0. The normalized spacial score (nSPS) is 12.2. The summed E-state index contributed by atoms with van der Waals surface area (Å²) >= 11 is 12.6. The molecule has 1 heterocycles. The Morgan fingerprint density at radius 2 is 1.64 bits per heavy atom. The number of halogens is 2. The van der Waals surface area contributed by atoms with Crippen LogP contribution in [0.2, 0.25) is 10.0 Å². The maximum Gasteiger partial charge on any atom is 0.133 e. The van der Waals surface area contributed by atoms with Crippen molar-refractivity contribution in [3.8, 4) is 16.9 Å². The van der Waals surface area contributed by atoms with Crippen LogP contribution in [0, 0.1) is 11.3 Å². The minimum Gasteiger partial charge on any atom is -0.512 e. The van der Waals surface area contributed by atoms with E-state index in [1.165, 1.54) is 0 Å². The van der Waals surface area contributed by atoms with Gasteiger partial charge in [-0.2, -0.15) is 0 Å². The van der Waals surface area contributed by atoms with Gasteiger partial charge in [-0.1, -0.05) is 61.3 Å². The third kappa shape index (κ3) is 4.92. The Hall–Kier alpha value is -3.21. The van der Waals surface area contributed by atoms with Gasteiger partial charge in [0.25, 0.3) is 0 Å². The summed E-state index contributed by atoms with van der Waals surface area (Å²) in [5.41, 5.74) is 3.72. The summed E-state index contributed by atoms with van der Waals surface area (Å²) in [7, 11) is 0. The first-order valence-electron chi connectivity index (χ1n) is 10.5. The standard InChI is InChI=1S/C27H23Cl2NO3/c1-16(2)27(31)21(26(30)25-22(28)4-3-5-23(25)29)15-33-20-9-6-17(7-10-20)18-8-11-24-19(14-18)12-13-32-24/h3-14,16,30-31H,15H2,1-2H3/b27-21-,30-26?. The molecule has 0 spiro atoms. The van der Waals surface area contributed by atoms with Crippen LogP contribution in [0.25, 0.3) is 22.1 Å². The highest BCUT2D eigenvalue weighted by Gasteiger charge is 2.21. The number of aliphatic hydroxyl groups is 1. The monoisotopic (exact) mass is 479 g/mol.